The first-order chi connectivity index (χ1) is 10.4. The van der Waals surface area contributed by atoms with Gasteiger partial charge in [-0.15, -0.1) is 10.2 Å². The lowest BCUT2D eigenvalue weighted by Crippen LogP contribution is -2.39. The van der Waals surface area contributed by atoms with Crippen molar-refractivity contribution in [2.45, 2.75) is 46.7 Å². The molecule has 2 atom stereocenters. The molecule has 2 rings (SSSR count). The van der Waals surface area contributed by atoms with E-state index in [1.165, 1.54) is 23.1 Å². The van der Waals surface area contributed by atoms with E-state index < -0.39 is 9.84 Å². The summed E-state index contributed by atoms with van der Waals surface area (Å²) in [7, 11) is -2.98. The number of carbonyl (C=O) groups excluding carboxylic acids is 1. The molecule has 0 aromatic carbocycles. The fourth-order valence-corrected chi connectivity index (χ4v) is 6.70. The molecule has 0 radical (unpaired) electrons. The SMILES string of the molecule is CCCSc1nnc(S[C@@H](C)C(=O)N[C@H]2CCS(=O)(=O)C2)s1. The highest BCUT2D eigenvalue weighted by Crippen LogP contribution is 2.31. The molecule has 1 amide bonds. The van der Waals surface area contributed by atoms with E-state index in [0.717, 1.165) is 20.9 Å². The van der Waals surface area contributed by atoms with Crippen molar-refractivity contribution in [2.75, 3.05) is 17.3 Å². The van der Waals surface area contributed by atoms with Gasteiger partial charge in [0.1, 0.15) is 0 Å². The number of amides is 1. The van der Waals surface area contributed by atoms with Gasteiger partial charge in [0, 0.05) is 11.8 Å². The average Bonchev–Trinajstić information content (AvgIpc) is 3.03. The van der Waals surface area contributed by atoms with Gasteiger partial charge in [-0.25, -0.2) is 8.42 Å². The molecule has 0 spiro atoms. The molecule has 1 saturated heterocycles. The lowest BCUT2D eigenvalue weighted by atomic mass is 10.2. The normalized spacial score (nSPS) is 21.6. The van der Waals surface area contributed by atoms with Crippen molar-refractivity contribution in [3.63, 3.8) is 0 Å². The molecule has 1 N–H and O–H groups in total. The molecule has 1 aliphatic heterocycles. The van der Waals surface area contributed by atoms with Crippen LogP contribution in [0.25, 0.3) is 0 Å². The first kappa shape index (κ1) is 18.0. The third-order valence-corrected chi connectivity index (χ3v) is 8.26. The van der Waals surface area contributed by atoms with Crippen LogP contribution in [0.5, 0.6) is 0 Å². The van der Waals surface area contributed by atoms with Gasteiger partial charge in [0.2, 0.25) is 5.91 Å². The zero-order chi connectivity index (χ0) is 16.2. The first-order valence-corrected chi connectivity index (χ1v) is 11.5. The van der Waals surface area contributed by atoms with Crippen molar-refractivity contribution in [3.05, 3.63) is 0 Å². The molecule has 0 bridgehead atoms. The molecule has 0 aliphatic carbocycles. The molecule has 1 fully saturated rings. The summed E-state index contributed by atoms with van der Waals surface area (Å²) in [4.78, 5) is 12.1. The molecule has 1 aromatic heterocycles. The van der Waals surface area contributed by atoms with Crippen LogP contribution in [-0.2, 0) is 14.6 Å². The maximum atomic E-state index is 12.1. The maximum Gasteiger partial charge on any atom is 0.233 e. The Hall–Kier alpha value is -0.320. The number of rotatable bonds is 7. The summed E-state index contributed by atoms with van der Waals surface area (Å²) in [5, 5.41) is 10.7. The lowest BCUT2D eigenvalue weighted by molar-refractivity contribution is -0.120. The van der Waals surface area contributed by atoms with Gasteiger partial charge in [-0.2, -0.15) is 0 Å². The highest BCUT2D eigenvalue weighted by molar-refractivity contribution is 8.03. The summed E-state index contributed by atoms with van der Waals surface area (Å²) in [6.45, 7) is 3.91. The van der Waals surface area contributed by atoms with Crippen molar-refractivity contribution in [1.82, 2.24) is 15.5 Å². The van der Waals surface area contributed by atoms with Crippen LogP contribution in [0.4, 0.5) is 0 Å². The van der Waals surface area contributed by atoms with Crippen LogP contribution < -0.4 is 5.32 Å². The largest absolute Gasteiger partial charge is 0.351 e. The van der Waals surface area contributed by atoms with Gasteiger partial charge in [-0.1, -0.05) is 41.8 Å². The minimum atomic E-state index is -2.98. The number of hydrogen-bond acceptors (Lipinski definition) is 8. The number of nitrogens with one attached hydrogen (secondary N) is 1. The van der Waals surface area contributed by atoms with Crippen molar-refractivity contribution < 1.29 is 13.2 Å². The summed E-state index contributed by atoms with van der Waals surface area (Å²) in [5.74, 6) is 1.07. The molecule has 0 unspecified atom stereocenters. The molecule has 22 heavy (non-hydrogen) atoms. The van der Waals surface area contributed by atoms with E-state index in [1.54, 1.807) is 18.7 Å². The smallest absolute Gasteiger partial charge is 0.233 e. The molecular weight excluding hydrogens is 362 g/mol. The van der Waals surface area contributed by atoms with Crippen LogP contribution >= 0.6 is 34.9 Å². The Balaban J connectivity index is 1.82. The molecule has 1 aliphatic rings. The summed E-state index contributed by atoms with van der Waals surface area (Å²) in [6.07, 6.45) is 1.58. The molecule has 2 heterocycles. The number of sulfone groups is 1. The minimum Gasteiger partial charge on any atom is -0.351 e. The summed E-state index contributed by atoms with van der Waals surface area (Å²) in [5.41, 5.74) is 0. The van der Waals surface area contributed by atoms with E-state index in [4.69, 9.17) is 0 Å². The number of nitrogens with zero attached hydrogens (tertiary/aromatic N) is 2. The van der Waals surface area contributed by atoms with Gasteiger partial charge in [0.05, 0.1) is 16.8 Å². The molecular formula is C12H19N3O3S4. The van der Waals surface area contributed by atoms with Crippen LogP contribution in [0.1, 0.15) is 26.7 Å². The van der Waals surface area contributed by atoms with Crippen molar-refractivity contribution in [2.24, 2.45) is 0 Å². The Morgan fingerprint density at radius 1 is 1.45 bits per heavy atom. The second kappa shape index (κ2) is 7.98. The van der Waals surface area contributed by atoms with Gasteiger partial charge < -0.3 is 5.32 Å². The fraction of sp³-hybridized carbons (Fsp3) is 0.750. The quantitative estimate of drug-likeness (QED) is 0.721. The first-order valence-electron chi connectivity index (χ1n) is 7.03. The highest BCUT2D eigenvalue weighted by atomic mass is 32.2. The number of hydrogen-bond donors (Lipinski definition) is 1. The van der Waals surface area contributed by atoms with Crippen LogP contribution in [0.15, 0.2) is 8.68 Å². The number of aromatic nitrogens is 2. The zero-order valence-corrected chi connectivity index (χ0v) is 15.7. The predicted octanol–water partition coefficient (Wildman–Crippen LogP) is 1.82. The summed E-state index contributed by atoms with van der Waals surface area (Å²) < 4.78 is 24.5. The van der Waals surface area contributed by atoms with Gasteiger partial charge in [0.15, 0.2) is 18.5 Å². The fourth-order valence-electron chi connectivity index (χ4n) is 1.92. The van der Waals surface area contributed by atoms with Crippen LogP contribution in [0.2, 0.25) is 0 Å². The van der Waals surface area contributed by atoms with E-state index in [9.17, 15) is 13.2 Å². The van der Waals surface area contributed by atoms with Crippen molar-refractivity contribution in [1.29, 1.82) is 0 Å². The van der Waals surface area contributed by atoms with Gasteiger partial charge in [0.25, 0.3) is 0 Å². The molecule has 1 aromatic rings. The van der Waals surface area contributed by atoms with Crippen LogP contribution in [0, 0.1) is 0 Å². The predicted molar refractivity (Wildman–Crippen MR) is 91.4 cm³/mol. The van der Waals surface area contributed by atoms with E-state index in [-0.39, 0.29) is 28.7 Å². The second-order valence-electron chi connectivity index (χ2n) is 5.05. The average molecular weight is 382 g/mol. The molecule has 0 saturated carbocycles. The Kier molecular flexibility index (Phi) is 6.54. The van der Waals surface area contributed by atoms with Crippen LogP contribution in [0.3, 0.4) is 0 Å². The third-order valence-electron chi connectivity index (χ3n) is 3.04. The Bertz CT molecular complexity index is 617. The Morgan fingerprint density at radius 2 is 2.18 bits per heavy atom. The van der Waals surface area contributed by atoms with E-state index in [0.29, 0.717) is 6.42 Å². The standard InChI is InChI=1S/C12H19N3O3S4/c1-3-5-19-11-14-15-12(21-11)20-8(2)10(16)13-9-4-6-22(17,18)7-9/h8-9H,3-7H2,1-2H3,(H,13,16)/t8-,9-/m0/s1. The number of thioether (sulfide) groups is 2. The summed E-state index contributed by atoms with van der Waals surface area (Å²) in [6, 6.07) is -0.259. The maximum absolute atomic E-state index is 12.1. The van der Waals surface area contributed by atoms with Gasteiger partial charge in [-0.05, 0) is 19.8 Å². The van der Waals surface area contributed by atoms with Crippen molar-refractivity contribution >= 4 is 50.6 Å². The van der Waals surface area contributed by atoms with E-state index in [2.05, 4.69) is 22.4 Å². The molecule has 6 nitrogen and oxygen atoms in total. The van der Waals surface area contributed by atoms with Crippen molar-refractivity contribution in [3.8, 4) is 0 Å². The lowest BCUT2D eigenvalue weighted by Gasteiger charge is -2.14. The Morgan fingerprint density at radius 3 is 2.82 bits per heavy atom. The van der Waals surface area contributed by atoms with Crippen LogP contribution in [-0.4, -0.2) is 53.1 Å². The molecule has 124 valence electrons. The third kappa shape index (κ3) is 5.39. The van der Waals surface area contributed by atoms with Gasteiger partial charge >= 0.3 is 0 Å². The topological polar surface area (TPSA) is 89.0 Å². The Labute approximate surface area is 143 Å². The summed E-state index contributed by atoms with van der Waals surface area (Å²) >= 11 is 4.52. The van der Waals surface area contributed by atoms with E-state index >= 15 is 0 Å². The number of carbonyl (C=O) groups is 1. The monoisotopic (exact) mass is 381 g/mol. The minimum absolute atomic E-state index is 0.0484. The van der Waals surface area contributed by atoms with E-state index in [1.807, 2.05) is 0 Å². The van der Waals surface area contributed by atoms with Gasteiger partial charge in [-0.3, -0.25) is 4.79 Å². The zero-order valence-electron chi connectivity index (χ0n) is 12.4. The highest BCUT2D eigenvalue weighted by Gasteiger charge is 2.30. The second-order valence-corrected chi connectivity index (χ2v) is 11.2. The molecule has 10 heteroatoms.